The van der Waals surface area contributed by atoms with Gasteiger partial charge in [0.15, 0.2) is 0 Å². The van der Waals surface area contributed by atoms with Crippen molar-refractivity contribution in [3.63, 3.8) is 0 Å². The van der Waals surface area contributed by atoms with Crippen molar-refractivity contribution in [3.05, 3.63) is 60.1 Å². The lowest BCUT2D eigenvalue weighted by atomic mass is 9.94. The highest BCUT2D eigenvalue weighted by Crippen LogP contribution is 2.24. The Kier molecular flexibility index (Phi) is 7.04. The maximum absolute atomic E-state index is 12.8. The quantitative estimate of drug-likeness (QED) is 0.715. The van der Waals surface area contributed by atoms with Gasteiger partial charge in [0.1, 0.15) is 6.26 Å². The average molecular weight is 425 g/mol. The molecule has 2 aliphatic heterocycles. The standard InChI is InChI=1S/C24H32N4O3/c1-27(12-5-8-21-16-22(26-25-21)18-6-3-2-4-7-18)23(29)19-9-13-28(14-10-19)24(30)20-11-15-31-17-20/h2-4,6-7,11,15,17,19,21-22,25-26H,5,8-10,12-14,16H2,1H3. The molecule has 0 saturated carbocycles. The maximum Gasteiger partial charge on any atom is 0.257 e. The number of nitrogens with one attached hydrogen (secondary N) is 2. The van der Waals surface area contributed by atoms with Crippen LogP contribution in [-0.4, -0.2) is 54.3 Å². The van der Waals surface area contributed by atoms with E-state index in [9.17, 15) is 9.59 Å². The van der Waals surface area contributed by atoms with Crippen LogP contribution in [0.4, 0.5) is 0 Å². The lowest BCUT2D eigenvalue weighted by molar-refractivity contribution is -0.135. The van der Waals surface area contributed by atoms with Gasteiger partial charge in [0.25, 0.3) is 5.91 Å². The van der Waals surface area contributed by atoms with Crippen molar-refractivity contribution >= 4 is 11.8 Å². The van der Waals surface area contributed by atoms with E-state index in [0.717, 1.165) is 38.6 Å². The number of furan rings is 1. The summed E-state index contributed by atoms with van der Waals surface area (Å²) in [7, 11) is 1.90. The Morgan fingerprint density at radius 2 is 1.90 bits per heavy atom. The molecule has 7 heteroatoms. The number of rotatable bonds is 7. The molecule has 3 heterocycles. The fourth-order valence-corrected chi connectivity index (χ4v) is 4.61. The molecule has 2 fully saturated rings. The zero-order valence-electron chi connectivity index (χ0n) is 18.1. The summed E-state index contributed by atoms with van der Waals surface area (Å²) in [5.74, 6) is 0.196. The zero-order valence-corrected chi connectivity index (χ0v) is 18.1. The minimum Gasteiger partial charge on any atom is -0.472 e. The van der Waals surface area contributed by atoms with Gasteiger partial charge >= 0.3 is 0 Å². The molecule has 0 spiro atoms. The number of hydrogen-bond acceptors (Lipinski definition) is 5. The summed E-state index contributed by atoms with van der Waals surface area (Å²) in [6.45, 7) is 2.00. The highest BCUT2D eigenvalue weighted by atomic mass is 16.3. The molecule has 2 aromatic rings. The third-order valence-corrected chi connectivity index (χ3v) is 6.51. The lowest BCUT2D eigenvalue weighted by Gasteiger charge is -2.33. The Morgan fingerprint density at radius 3 is 2.61 bits per heavy atom. The van der Waals surface area contributed by atoms with Gasteiger partial charge in [0, 0.05) is 44.7 Å². The topological polar surface area (TPSA) is 77.8 Å². The van der Waals surface area contributed by atoms with E-state index in [-0.39, 0.29) is 17.7 Å². The van der Waals surface area contributed by atoms with Gasteiger partial charge < -0.3 is 14.2 Å². The molecule has 2 amide bonds. The number of carbonyl (C=O) groups is 2. The number of amides is 2. The Morgan fingerprint density at radius 1 is 1.13 bits per heavy atom. The molecular weight excluding hydrogens is 392 g/mol. The molecule has 0 bridgehead atoms. The molecule has 1 aromatic heterocycles. The molecule has 166 valence electrons. The summed E-state index contributed by atoms with van der Waals surface area (Å²) >= 11 is 0. The number of hydrogen-bond donors (Lipinski definition) is 2. The Bertz CT molecular complexity index is 847. The fraction of sp³-hybridized carbons (Fsp3) is 0.500. The van der Waals surface area contributed by atoms with Crippen molar-refractivity contribution in [2.24, 2.45) is 5.92 Å². The summed E-state index contributed by atoms with van der Waals surface area (Å²) in [6, 6.07) is 12.9. The number of piperidine rings is 1. The maximum atomic E-state index is 12.8. The molecule has 31 heavy (non-hydrogen) atoms. The van der Waals surface area contributed by atoms with Crippen molar-refractivity contribution in [1.29, 1.82) is 0 Å². The summed E-state index contributed by atoms with van der Waals surface area (Å²) in [6.07, 6.45) is 7.50. The van der Waals surface area contributed by atoms with Crippen LogP contribution in [0.15, 0.2) is 53.3 Å². The van der Waals surface area contributed by atoms with Gasteiger partial charge in [-0.15, -0.1) is 0 Å². The van der Waals surface area contributed by atoms with E-state index >= 15 is 0 Å². The van der Waals surface area contributed by atoms with Crippen LogP contribution in [0.1, 0.15) is 54.1 Å². The largest absolute Gasteiger partial charge is 0.472 e. The SMILES string of the molecule is CN(CCCC1CC(c2ccccc2)NN1)C(=O)C1CCN(C(=O)c2ccoc2)CC1. The third kappa shape index (κ3) is 5.35. The number of likely N-dealkylation sites (tertiary alicyclic amines) is 1. The van der Waals surface area contributed by atoms with Crippen molar-refractivity contribution in [2.75, 3.05) is 26.7 Å². The summed E-state index contributed by atoms with van der Waals surface area (Å²) < 4.78 is 5.00. The van der Waals surface area contributed by atoms with Gasteiger partial charge in [-0.1, -0.05) is 30.3 Å². The monoisotopic (exact) mass is 424 g/mol. The van der Waals surface area contributed by atoms with Crippen LogP contribution < -0.4 is 10.9 Å². The molecule has 2 aliphatic rings. The predicted octanol–water partition coefficient (Wildman–Crippen LogP) is 2.98. The number of benzene rings is 1. The Hall–Kier alpha value is -2.64. The minimum atomic E-state index is -0.0144. The van der Waals surface area contributed by atoms with Crippen molar-refractivity contribution in [1.82, 2.24) is 20.7 Å². The van der Waals surface area contributed by atoms with Gasteiger partial charge in [0.2, 0.25) is 5.91 Å². The van der Waals surface area contributed by atoms with E-state index < -0.39 is 0 Å². The molecule has 0 aliphatic carbocycles. The van der Waals surface area contributed by atoms with Gasteiger partial charge in [0.05, 0.1) is 11.8 Å². The normalized spacial score (nSPS) is 21.9. The second-order valence-corrected chi connectivity index (χ2v) is 8.67. The Labute approximate surface area is 183 Å². The van der Waals surface area contributed by atoms with Gasteiger partial charge in [-0.2, -0.15) is 0 Å². The van der Waals surface area contributed by atoms with Crippen LogP contribution in [0, 0.1) is 5.92 Å². The summed E-state index contributed by atoms with van der Waals surface area (Å²) in [5.41, 5.74) is 8.67. The smallest absolute Gasteiger partial charge is 0.257 e. The fourth-order valence-electron chi connectivity index (χ4n) is 4.61. The van der Waals surface area contributed by atoms with E-state index in [1.165, 1.54) is 18.1 Å². The predicted molar refractivity (Wildman–Crippen MR) is 118 cm³/mol. The van der Waals surface area contributed by atoms with Crippen molar-refractivity contribution in [2.45, 2.75) is 44.2 Å². The Balaban J connectivity index is 1.16. The lowest BCUT2D eigenvalue weighted by Crippen LogP contribution is -2.43. The molecule has 2 saturated heterocycles. The van der Waals surface area contributed by atoms with Crippen LogP contribution >= 0.6 is 0 Å². The first-order valence-corrected chi connectivity index (χ1v) is 11.2. The third-order valence-electron chi connectivity index (χ3n) is 6.51. The second-order valence-electron chi connectivity index (χ2n) is 8.67. The number of nitrogens with zero attached hydrogens (tertiary/aromatic N) is 2. The average Bonchev–Trinajstić information content (AvgIpc) is 3.51. The first-order valence-electron chi connectivity index (χ1n) is 11.2. The van der Waals surface area contributed by atoms with E-state index in [2.05, 4.69) is 35.1 Å². The van der Waals surface area contributed by atoms with E-state index in [0.29, 0.717) is 30.7 Å². The van der Waals surface area contributed by atoms with E-state index in [1.807, 2.05) is 22.9 Å². The molecule has 7 nitrogen and oxygen atoms in total. The first kappa shape index (κ1) is 21.6. The molecular formula is C24H32N4O3. The second kappa shape index (κ2) is 10.1. The van der Waals surface area contributed by atoms with Crippen LogP contribution in [0.2, 0.25) is 0 Å². The van der Waals surface area contributed by atoms with Crippen LogP contribution in [0.3, 0.4) is 0 Å². The minimum absolute atomic E-state index is 0.00660. The van der Waals surface area contributed by atoms with E-state index in [4.69, 9.17) is 4.42 Å². The summed E-state index contributed by atoms with van der Waals surface area (Å²) in [4.78, 5) is 28.9. The number of carbonyl (C=O) groups excluding carboxylic acids is 2. The van der Waals surface area contributed by atoms with Crippen LogP contribution in [0.25, 0.3) is 0 Å². The molecule has 2 atom stereocenters. The van der Waals surface area contributed by atoms with Crippen molar-refractivity contribution in [3.8, 4) is 0 Å². The van der Waals surface area contributed by atoms with Crippen LogP contribution in [0.5, 0.6) is 0 Å². The number of hydrazine groups is 1. The first-order chi connectivity index (χ1) is 15.1. The zero-order chi connectivity index (χ0) is 21.6. The van der Waals surface area contributed by atoms with Gasteiger partial charge in [-0.25, -0.2) is 0 Å². The molecule has 1 aromatic carbocycles. The molecule has 2 N–H and O–H groups in total. The molecule has 2 unspecified atom stereocenters. The molecule has 0 radical (unpaired) electrons. The highest BCUT2D eigenvalue weighted by molar-refractivity contribution is 5.94. The van der Waals surface area contributed by atoms with E-state index in [1.54, 1.807) is 6.07 Å². The summed E-state index contributed by atoms with van der Waals surface area (Å²) in [5, 5.41) is 0. The van der Waals surface area contributed by atoms with Crippen LogP contribution in [-0.2, 0) is 4.79 Å². The highest BCUT2D eigenvalue weighted by Gasteiger charge is 2.30. The van der Waals surface area contributed by atoms with Crippen molar-refractivity contribution < 1.29 is 14.0 Å². The molecule has 4 rings (SSSR count). The van der Waals surface area contributed by atoms with Gasteiger partial charge in [-0.3, -0.25) is 20.4 Å². The van der Waals surface area contributed by atoms with Gasteiger partial charge in [-0.05, 0) is 43.7 Å².